The Kier molecular flexibility index (Phi) is 4.32. The number of aliphatic hydroxyl groups excluding tert-OH is 1. The second-order valence-corrected chi connectivity index (χ2v) is 6.54. The summed E-state index contributed by atoms with van der Waals surface area (Å²) in [6.45, 7) is 2.81. The first-order valence-corrected chi connectivity index (χ1v) is 8.11. The molecule has 1 aliphatic heterocycles. The average Bonchev–Trinajstić information content (AvgIpc) is 2.95. The van der Waals surface area contributed by atoms with Crippen molar-refractivity contribution in [3.05, 3.63) is 63.6 Å². The molecule has 2 aromatic carbocycles. The van der Waals surface area contributed by atoms with Gasteiger partial charge in [-0.3, -0.25) is 0 Å². The van der Waals surface area contributed by atoms with Crippen LogP contribution in [0.5, 0.6) is 5.75 Å². The Morgan fingerprint density at radius 3 is 2.76 bits per heavy atom. The van der Waals surface area contributed by atoms with E-state index in [0.717, 1.165) is 34.4 Å². The summed E-state index contributed by atoms with van der Waals surface area (Å²) < 4.78 is 6.80. The van der Waals surface area contributed by atoms with Crippen molar-refractivity contribution in [1.29, 1.82) is 0 Å². The third kappa shape index (κ3) is 3.14. The predicted molar refractivity (Wildman–Crippen MR) is 87.9 cm³/mol. The zero-order chi connectivity index (χ0) is 14.8. The molecule has 3 rings (SSSR count). The number of hydrogen-bond donors (Lipinski definition) is 1. The lowest BCUT2D eigenvalue weighted by atomic mass is 9.90. The highest BCUT2D eigenvalue weighted by Gasteiger charge is 2.22. The Hall–Kier alpha value is -1.32. The first-order chi connectivity index (χ1) is 10.1. The van der Waals surface area contributed by atoms with Gasteiger partial charge >= 0.3 is 0 Å². The molecular weight excluding hydrogens is 328 g/mol. The minimum Gasteiger partial charge on any atom is -0.493 e. The molecule has 0 spiro atoms. The summed E-state index contributed by atoms with van der Waals surface area (Å²) in [5.41, 5.74) is 3.49. The summed E-state index contributed by atoms with van der Waals surface area (Å²) in [5.74, 6) is 1.07. The lowest BCUT2D eigenvalue weighted by Crippen LogP contribution is -2.19. The molecule has 0 saturated heterocycles. The molecule has 1 N–H and O–H groups in total. The van der Waals surface area contributed by atoms with E-state index in [9.17, 15) is 5.11 Å². The van der Waals surface area contributed by atoms with E-state index < -0.39 is 6.10 Å². The SMILES string of the molecule is CC(c1ccccc1)C(O)Cc1cc(Br)cc2c1OCC2. The molecule has 110 valence electrons. The monoisotopic (exact) mass is 346 g/mol. The molecule has 0 radical (unpaired) electrons. The lowest BCUT2D eigenvalue weighted by molar-refractivity contribution is 0.148. The lowest BCUT2D eigenvalue weighted by Gasteiger charge is -2.20. The third-order valence-electron chi connectivity index (χ3n) is 4.16. The van der Waals surface area contributed by atoms with Crippen molar-refractivity contribution in [2.24, 2.45) is 0 Å². The normalized spacial score (nSPS) is 16.1. The zero-order valence-electron chi connectivity index (χ0n) is 12.1. The molecule has 1 heterocycles. The summed E-state index contributed by atoms with van der Waals surface area (Å²) in [7, 11) is 0. The predicted octanol–water partition coefficient (Wildman–Crippen LogP) is 4.09. The van der Waals surface area contributed by atoms with Gasteiger partial charge in [0.1, 0.15) is 5.75 Å². The van der Waals surface area contributed by atoms with Gasteiger partial charge in [0.2, 0.25) is 0 Å². The fourth-order valence-electron chi connectivity index (χ4n) is 2.88. The van der Waals surface area contributed by atoms with E-state index in [2.05, 4.69) is 47.1 Å². The molecule has 21 heavy (non-hydrogen) atoms. The number of ether oxygens (including phenoxy) is 1. The third-order valence-corrected chi connectivity index (χ3v) is 4.61. The Morgan fingerprint density at radius 1 is 1.24 bits per heavy atom. The van der Waals surface area contributed by atoms with Crippen LogP contribution in [0.1, 0.15) is 29.5 Å². The molecule has 0 aromatic heterocycles. The van der Waals surface area contributed by atoms with E-state index in [1.54, 1.807) is 0 Å². The van der Waals surface area contributed by atoms with Crippen LogP contribution >= 0.6 is 15.9 Å². The topological polar surface area (TPSA) is 29.5 Å². The molecule has 0 bridgehead atoms. The highest BCUT2D eigenvalue weighted by atomic mass is 79.9. The first kappa shape index (κ1) is 14.6. The minimum atomic E-state index is -0.421. The van der Waals surface area contributed by atoms with Crippen LogP contribution in [-0.4, -0.2) is 17.8 Å². The fraction of sp³-hybridized carbons (Fsp3) is 0.333. The standard InChI is InChI=1S/C18H19BrO2/c1-12(13-5-3-2-4-6-13)17(20)11-15-10-16(19)9-14-7-8-21-18(14)15/h2-6,9-10,12,17,20H,7-8,11H2,1H3. The van der Waals surface area contributed by atoms with Gasteiger partial charge in [-0.25, -0.2) is 0 Å². The summed E-state index contributed by atoms with van der Waals surface area (Å²) >= 11 is 3.55. The van der Waals surface area contributed by atoms with Crippen LogP contribution in [0.15, 0.2) is 46.9 Å². The molecule has 0 aliphatic carbocycles. The Bertz CT molecular complexity index is 625. The number of rotatable bonds is 4. The maximum atomic E-state index is 10.6. The molecule has 2 atom stereocenters. The fourth-order valence-corrected chi connectivity index (χ4v) is 3.43. The van der Waals surface area contributed by atoms with Crippen LogP contribution in [0.3, 0.4) is 0 Å². The van der Waals surface area contributed by atoms with E-state index in [-0.39, 0.29) is 5.92 Å². The highest BCUT2D eigenvalue weighted by Crippen LogP contribution is 2.35. The van der Waals surface area contributed by atoms with Crippen LogP contribution in [-0.2, 0) is 12.8 Å². The molecule has 0 fully saturated rings. The van der Waals surface area contributed by atoms with Crippen molar-refractivity contribution in [1.82, 2.24) is 0 Å². The molecule has 2 aromatic rings. The second kappa shape index (κ2) is 6.20. The number of halogens is 1. The number of aliphatic hydroxyl groups is 1. The molecule has 1 aliphatic rings. The quantitative estimate of drug-likeness (QED) is 0.903. The Morgan fingerprint density at radius 2 is 2.00 bits per heavy atom. The van der Waals surface area contributed by atoms with E-state index >= 15 is 0 Å². The van der Waals surface area contributed by atoms with E-state index in [1.807, 2.05) is 18.2 Å². The smallest absolute Gasteiger partial charge is 0.125 e. The van der Waals surface area contributed by atoms with Gasteiger partial charge in [-0.2, -0.15) is 0 Å². The Labute approximate surface area is 133 Å². The van der Waals surface area contributed by atoms with Crippen molar-refractivity contribution in [2.75, 3.05) is 6.61 Å². The molecule has 0 amide bonds. The van der Waals surface area contributed by atoms with Gasteiger partial charge in [0.05, 0.1) is 12.7 Å². The van der Waals surface area contributed by atoms with Crippen molar-refractivity contribution in [2.45, 2.75) is 31.8 Å². The van der Waals surface area contributed by atoms with Crippen molar-refractivity contribution in [3.63, 3.8) is 0 Å². The van der Waals surface area contributed by atoms with Crippen LogP contribution in [0.4, 0.5) is 0 Å². The molecule has 2 nitrogen and oxygen atoms in total. The molecule has 2 unspecified atom stereocenters. The van der Waals surface area contributed by atoms with Gasteiger partial charge in [-0.05, 0) is 28.8 Å². The van der Waals surface area contributed by atoms with Crippen LogP contribution in [0.25, 0.3) is 0 Å². The summed E-state index contributed by atoms with van der Waals surface area (Å²) in [6, 6.07) is 14.3. The molecule has 3 heteroatoms. The van der Waals surface area contributed by atoms with Gasteiger partial charge in [-0.15, -0.1) is 0 Å². The molecular formula is C18H19BrO2. The Balaban J connectivity index is 1.81. The summed E-state index contributed by atoms with van der Waals surface area (Å²) in [6.07, 6.45) is 1.14. The maximum absolute atomic E-state index is 10.6. The van der Waals surface area contributed by atoms with Gasteiger partial charge in [0.25, 0.3) is 0 Å². The first-order valence-electron chi connectivity index (χ1n) is 7.32. The van der Waals surface area contributed by atoms with Gasteiger partial charge < -0.3 is 9.84 Å². The van der Waals surface area contributed by atoms with E-state index in [0.29, 0.717) is 6.42 Å². The van der Waals surface area contributed by atoms with E-state index in [1.165, 1.54) is 5.56 Å². The van der Waals surface area contributed by atoms with Gasteiger partial charge in [0, 0.05) is 23.2 Å². The summed E-state index contributed by atoms with van der Waals surface area (Å²) in [5, 5.41) is 10.6. The van der Waals surface area contributed by atoms with Gasteiger partial charge in [0.15, 0.2) is 0 Å². The average molecular weight is 347 g/mol. The summed E-state index contributed by atoms with van der Waals surface area (Å²) in [4.78, 5) is 0. The highest BCUT2D eigenvalue weighted by molar-refractivity contribution is 9.10. The van der Waals surface area contributed by atoms with E-state index in [4.69, 9.17) is 4.74 Å². The van der Waals surface area contributed by atoms with Crippen molar-refractivity contribution in [3.8, 4) is 5.75 Å². The molecule has 0 saturated carbocycles. The van der Waals surface area contributed by atoms with Crippen LogP contribution in [0.2, 0.25) is 0 Å². The minimum absolute atomic E-state index is 0.0993. The second-order valence-electron chi connectivity index (χ2n) is 5.62. The van der Waals surface area contributed by atoms with Crippen molar-refractivity contribution < 1.29 is 9.84 Å². The van der Waals surface area contributed by atoms with Gasteiger partial charge in [-0.1, -0.05) is 53.2 Å². The number of hydrogen-bond acceptors (Lipinski definition) is 2. The zero-order valence-corrected chi connectivity index (χ0v) is 13.6. The van der Waals surface area contributed by atoms with Crippen LogP contribution in [0, 0.1) is 0 Å². The number of fused-ring (bicyclic) bond motifs is 1. The maximum Gasteiger partial charge on any atom is 0.125 e. The largest absolute Gasteiger partial charge is 0.493 e. The van der Waals surface area contributed by atoms with Crippen LogP contribution < -0.4 is 4.74 Å². The number of benzene rings is 2. The van der Waals surface area contributed by atoms with Crippen molar-refractivity contribution >= 4 is 15.9 Å².